The van der Waals surface area contributed by atoms with Crippen LogP contribution in [-0.4, -0.2) is 17.5 Å². The normalized spacial score (nSPS) is 11.0. The molecule has 168 valence electrons. The molecule has 1 N–H and O–H groups in total. The molecule has 0 aliphatic rings. The average Bonchev–Trinajstić information content (AvgIpc) is 3.52. The first-order chi connectivity index (χ1) is 16.6. The van der Waals surface area contributed by atoms with E-state index in [1.807, 2.05) is 41.8 Å². The van der Waals surface area contributed by atoms with Crippen molar-refractivity contribution in [3.8, 4) is 22.4 Å². The number of carbonyl (C=O) groups is 1. The van der Waals surface area contributed by atoms with Crippen LogP contribution >= 0.6 is 34.3 Å². The number of allylic oxidation sites excluding steroid dienone is 1. The van der Waals surface area contributed by atoms with Crippen LogP contribution in [0.4, 0.5) is 5.00 Å². The van der Waals surface area contributed by atoms with Crippen molar-refractivity contribution < 1.29 is 9.53 Å². The molecule has 0 fully saturated rings. The number of ether oxygens (including phenoxy) is 1. The summed E-state index contributed by atoms with van der Waals surface area (Å²) in [7, 11) is 0. The van der Waals surface area contributed by atoms with Crippen molar-refractivity contribution in [2.24, 2.45) is 0 Å². The van der Waals surface area contributed by atoms with Crippen LogP contribution in [0.3, 0.4) is 0 Å². The van der Waals surface area contributed by atoms with Gasteiger partial charge in [0, 0.05) is 10.6 Å². The standard InChI is InChI=1S/C26H18ClN3O2S2/c1-2-13-32-21-11-5-17(6-12-21)15-19(16-28)25-29-23(22-4-3-14-33-22)26(34-25)30-24(31)18-7-9-20(27)10-8-18/h2-12,14-15H,1,13H2,(H,30,31)/b19-15-. The number of hydrogen-bond donors (Lipinski definition) is 1. The maximum absolute atomic E-state index is 12.8. The van der Waals surface area contributed by atoms with Gasteiger partial charge in [-0.05, 0) is 59.5 Å². The van der Waals surface area contributed by atoms with Crippen molar-refractivity contribution in [2.45, 2.75) is 0 Å². The summed E-state index contributed by atoms with van der Waals surface area (Å²) in [6, 6.07) is 20.1. The molecule has 2 aromatic heterocycles. The van der Waals surface area contributed by atoms with Crippen LogP contribution in [0.15, 0.2) is 78.7 Å². The Morgan fingerprint density at radius 2 is 1.94 bits per heavy atom. The molecule has 0 saturated heterocycles. The number of nitrogens with one attached hydrogen (secondary N) is 1. The Morgan fingerprint density at radius 3 is 2.59 bits per heavy atom. The molecule has 0 bridgehead atoms. The Balaban J connectivity index is 1.65. The molecule has 0 unspecified atom stereocenters. The summed E-state index contributed by atoms with van der Waals surface area (Å²) < 4.78 is 5.51. The fraction of sp³-hybridized carbons (Fsp3) is 0.0385. The van der Waals surface area contributed by atoms with E-state index in [0.29, 0.717) is 38.5 Å². The van der Waals surface area contributed by atoms with Crippen LogP contribution in [-0.2, 0) is 0 Å². The predicted octanol–water partition coefficient (Wildman–Crippen LogP) is 7.41. The quantitative estimate of drug-likeness (QED) is 0.201. The van der Waals surface area contributed by atoms with Gasteiger partial charge in [0.15, 0.2) is 0 Å². The minimum absolute atomic E-state index is 0.276. The number of benzene rings is 2. The first kappa shape index (κ1) is 23.5. The second kappa shape index (κ2) is 10.9. The molecule has 8 heteroatoms. The molecule has 2 aromatic carbocycles. The van der Waals surface area contributed by atoms with Gasteiger partial charge >= 0.3 is 0 Å². The number of nitrogens with zero attached hydrogens (tertiary/aromatic N) is 2. The number of thiazole rings is 1. The highest BCUT2D eigenvalue weighted by molar-refractivity contribution is 7.19. The van der Waals surface area contributed by atoms with Crippen LogP contribution in [0.1, 0.15) is 20.9 Å². The summed E-state index contributed by atoms with van der Waals surface area (Å²) in [5, 5.41) is 16.4. The van der Waals surface area contributed by atoms with Crippen LogP contribution in [0.2, 0.25) is 5.02 Å². The summed E-state index contributed by atoms with van der Waals surface area (Å²) in [5.41, 5.74) is 2.34. The molecule has 0 atom stereocenters. The summed E-state index contributed by atoms with van der Waals surface area (Å²) in [5.74, 6) is 0.444. The molecular weight excluding hydrogens is 486 g/mol. The van der Waals surface area contributed by atoms with E-state index < -0.39 is 0 Å². The maximum Gasteiger partial charge on any atom is 0.256 e. The van der Waals surface area contributed by atoms with E-state index in [4.69, 9.17) is 21.3 Å². The molecule has 0 aliphatic heterocycles. The van der Waals surface area contributed by atoms with Gasteiger partial charge in [-0.2, -0.15) is 5.26 Å². The fourth-order valence-corrected chi connectivity index (χ4v) is 4.85. The molecule has 34 heavy (non-hydrogen) atoms. The van der Waals surface area contributed by atoms with Crippen molar-refractivity contribution in [1.29, 1.82) is 5.26 Å². The Labute approximate surface area is 210 Å². The van der Waals surface area contributed by atoms with Crippen LogP contribution in [0.5, 0.6) is 5.75 Å². The van der Waals surface area contributed by atoms with Crippen molar-refractivity contribution >= 4 is 56.8 Å². The zero-order valence-corrected chi connectivity index (χ0v) is 20.2. The highest BCUT2D eigenvalue weighted by Crippen LogP contribution is 2.38. The van der Waals surface area contributed by atoms with Gasteiger partial charge in [-0.1, -0.05) is 53.8 Å². The fourth-order valence-electron chi connectivity index (χ4n) is 3.00. The van der Waals surface area contributed by atoms with Crippen LogP contribution < -0.4 is 10.1 Å². The summed E-state index contributed by atoms with van der Waals surface area (Å²) >= 11 is 8.71. The van der Waals surface area contributed by atoms with Crippen molar-refractivity contribution in [3.05, 3.63) is 99.9 Å². The second-order valence-electron chi connectivity index (χ2n) is 6.97. The molecule has 5 nitrogen and oxygen atoms in total. The zero-order valence-electron chi connectivity index (χ0n) is 17.8. The number of aromatic nitrogens is 1. The number of nitriles is 1. The van der Waals surface area contributed by atoms with Crippen LogP contribution in [0, 0.1) is 11.3 Å². The van der Waals surface area contributed by atoms with Crippen LogP contribution in [0.25, 0.3) is 22.2 Å². The SMILES string of the molecule is C=CCOc1ccc(/C=C(/C#N)c2nc(-c3cccs3)c(NC(=O)c3ccc(Cl)cc3)s2)cc1. The predicted molar refractivity (Wildman–Crippen MR) is 140 cm³/mol. The molecule has 4 aromatic rings. The van der Waals surface area contributed by atoms with Gasteiger partial charge in [0.25, 0.3) is 5.91 Å². The van der Waals surface area contributed by atoms with Gasteiger partial charge < -0.3 is 10.1 Å². The third-order valence-electron chi connectivity index (χ3n) is 4.63. The number of hydrogen-bond acceptors (Lipinski definition) is 6. The van der Waals surface area contributed by atoms with Gasteiger partial charge in [0.05, 0.1) is 10.5 Å². The lowest BCUT2D eigenvalue weighted by molar-refractivity contribution is 0.102. The number of halogens is 1. The van der Waals surface area contributed by atoms with Gasteiger partial charge in [0.1, 0.15) is 34.1 Å². The Kier molecular flexibility index (Phi) is 7.55. The first-order valence-corrected chi connectivity index (χ1v) is 12.2. The third kappa shape index (κ3) is 5.61. The minimum atomic E-state index is -0.276. The largest absolute Gasteiger partial charge is 0.490 e. The highest BCUT2D eigenvalue weighted by atomic mass is 35.5. The summed E-state index contributed by atoms with van der Waals surface area (Å²) in [4.78, 5) is 18.4. The molecule has 0 saturated carbocycles. The van der Waals surface area contributed by atoms with E-state index in [-0.39, 0.29) is 5.91 Å². The van der Waals surface area contributed by atoms with Gasteiger partial charge in [0.2, 0.25) is 0 Å². The summed E-state index contributed by atoms with van der Waals surface area (Å²) in [6.45, 7) is 4.06. The van der Waals surface area contributed by atoms with Gasteiger partial charge in [-0.15, -0.1) is 11.3 Å². The lowest BCUT2D eigenvalue weighted by atomic mass is 10.1. The highest BCUT2D eigenvalue weighted by Gasteiger charge is 2.19. The molecule has 0 spiro atoms. The van der Waals surface area contributed by atoms with Gasteiger partial charge in [-0.25, -0.2) is 4.98 Å². The number of carbonyl (C=O) groups excluding carboxylic acids is 1. The van der Waals surface area contributed by atoms with E-state index in [1.54, 1.807) is 36.4 Å². The smallest absolute Gasteiger partial charge is 0.256 e. The topological polar surface area (TPSA) is 75.0 Å². The average molecular weight is 504 g/mol. The number of anilines is 1. The Bertz CT molecular complexity index is 1370. The second-order valence-corrected chi connectivity index (χ2v) is 9.36. The molecular formula is C26H18ClN3O2S2. The number of rotatable bonds is 8. The van der Waals surface area contributed by atoms with E-state index in [9.17, 15) is 10.1 Å². The van der Waals surface area contributed by atoms with Gasteiger partial charge in [-0.3, -0.25) is 4.79 Å². The van der Waals surface area contributed by atoms with Crippen molar-refractivity contribution in [1.82, 2.24) is 4.98 Å². The monoisotopic (exact) mass is 503 g/mol. The van der Waals surface area contributed by atoms with E-state index in [2.05, 4.69) is 18.0 Å². The zero-order chi connectivity index (χ0) is 23.9. The van der Waals surface area contributed by atoms with Crippen molar-refractivity contribution in [2.75, 3.05) is 11.9 Å². The summed E-state index contributed by atoms with van der Waals surface area (Å²) in [6.07, 6.45) is 3.44. The molecule has 2 heterocycles. The molecule has 1 amide bonds. The number of thiophene rings is 1. The Hall–Kier alpha value is -3.70. The van der Waals surface area contributed by atoms with E-state index >= 15 is 0 Å². The lowest BCUT2D eigenvalue weighted by Crippen LogP contribution is -2.11. The minimum Gasteiger partial charge on any atom is -0.490 e. The molecule has 0 aliphatic carbocycles. The molecule has 4 rings (SSSR count). The van der Waals surface area contributed by atoms with E-state index in [0.717, 1.165) is 16.2 Å². The maximum atomic E-state index is 12.8. The van der Waals surface area contributed by atoms with Crippen molar-refractivity contribution in [3.63, 3.8) is 0 Å². The Morgan fingerprint density at radius 1 is 1.18 bits per heavy atom. The molecule has 0 radical (unpaired) electrons. The number of amides is 1. The lowest BCUT2D eigenvalue weighted by Gasteiger charge is -2.04. The van der Waals surface area contributed by atoms with E-state index in [1.165, 1.54) is 22.7 Å². The third-order valence-corrected chi connectivity index (χ3v) is 6.76. The first-order valence-electron chi connectivity index (χ1n) is 10.1.